The van der Waals surface area contributed by atoms with Gasteiger partial charge in [-0.1, -0.05) is 139 Å². The third kappa shape index (κ3) is 8.43. The maximum atomic E-state index is 16.5. The van der Waals surface area contributed by atoms with Crippen molar-refractivity contribution < 1.29 is 63.6 Å². The van der Waals surface area contributed by atoms with Crippen LogP contribution in [0.15, 0.2) is 198 Å². The molecular weight excluding hydrogens is 762 g/mol. The minimum Gasteiger partial charge on any atom is -0.455 e. The highest BCUT2D eigenvalue weighted by atomic mass is 19.1. The van der Waals surface area contributed by atoms with E-state index in [1.54, 1.807) is 0 Å². The zero-order chi connectivity index (χ0) is 76.8. The number of aryl methyl sites for hydroxylation is 2. The summed E-state index contributed by atoms with van der Waals surface area (Å²) in [7, 11) is 0. The summed E-state index contributed by atoms with van der Waals surface area (Å²) in [5.41, 5.74) is -18.1. The van der Waals surface area contributed by atoms with Crippen LogP contribution in [-0.4, -0.2) is 15.0 Å². The van der Waals surface area contributed by atoms with E-state index in [0.29, 0.717) is 0 Å². The van der Waals surface area contributed by atoms with Crippen LogP contribution in [0.4, 0.5) is 4.39 Å². The molecule has 0 aliphatic heterocycles. The molecule has 0 saturated carbocycles. The second kappa shape index (κ2) is 17.6. The Morgan fingerprint density at radius 1 is 0.435 bits per heavy atom. The first-order valence-corrected chi connectivity index (χ1v) is 17.7. The second-order valence-electron chi connectivity index (χ2n) is 12.4. The van der Waals surface area contributed by atoms with Gasteiger partial charge in [0.25, 0.3) is 0 Å². The fourth-order valence-electron chi connectivity index (χ4n) is 5.68. The van der Waals surface area contributed by atoms with Gasteiger partial charge in [-0.25, -0.2) is 4.39 Å². The van der Waals surface area contributed by atoms with Crippen LogP contribution in [0, 0.1) is 5.82 Å². The summed E-state index contributed by atoms with van der Waals surface area (Å²) in [6, 6.07) is -25.0. The van der Waals surface area contributed by atoms with Crippen molar-refractivity contribution in [2.45, 2.75) is 38.2 Å². The van der Waals surface area contributed by atoms with Gasteiger partial charge in [0, 0.05) is 62.4 Å². The van der Waals surface area contributed by atoms with Crippen molar-refractivity contribution in [1.29, 1.82) is 0 Å². The summed E-state index contributed by atoms with van der Waals surface area (Å²) in [5.74, 6) is -1.67. The van der Waals surface area contributed by atoms with Gasteiger partial charge in [-0.3, -0.25) is 15.0 Å². The smallest absolute Gasteiger partial charge is 0.146 e. The molecule has 4 heterocycles. The number of fused-ring (bicyclic) bond motifs is 3. The summed E-state index contributed by atoms with van der Waals surface area (Å²) in [5, 5.41) is -1.33. The molecule has 0 aliphatic carbocycles. The lowest BCUT2D eigenvalue weighted by atomic mass is 9.94. The third-order valence-corrected chi connectivity index (χ3v) is 8.44. The number of furan rings is 1. The summed E-state index contributed by atoms with van der Waals surface area (Å²) in [6.07, 6.45) is -30.0. The number of nitrogens with zero attached hydrogens (tertiary/aromatic N) is 3. The third-order valence-electron chi connectivity index (χ3n) is 8.44. The number of hydrogen-bond donors (Lipinski definition) is 0. The quantitative estimate of drug-likeness (QED) is 0.116. The van der Waals surface area contributed by atoms with Crippen LogP contribution in [0.25, 0.3) is 66.8 Å². The van der Waals surface area contributed by atoms with E-state index in [0.717, 1.165) is 18.2 Å². The Hall–Kier alpha value is -7.50. The standard InChI is InChI=1S/C57H44FN3O/c58-51-29-28-49-48-17-10-18-50(56(48)62-57(49)55(51)47-15-8-3-9-16-47)54-32-27-41(38-61-54)21-24-44-34-42(22-19-39-25-30-52(59-36-39)45-11-4-1-5-12-45)33-43(35-44)23-20-40-26-31-53(60-37-40)46-13-6-2-7-14-46/h1-18,25-38H,19-24H2/i1D,2D,3D,4D,5D,6D,7D,8D,9D,10D,11D,13D,15D,16D,17D,19D2,20D2,21D2,22D2,23D2,24D2,25D,26D,27D,28D,29D,30D,31D,32D,33D,34D,36D,37D,38D. The lowest BCUT2D eigenvalue weighted by Crippen LogP contribution is -2.00. The number of para-hydroxylation sites is 1. The van der Waals surface area contributed by atoms with Gasteiger partial charge in [-0.05, 0) is 113 Å². The van der Waals surface area contributed by atoms with Gasteiger partial charge in [0.15, 0.2) is 0 Å². The van der Waals surface area contributed by atoms with Crippen molar-refractivity contribution in [1.82, 2.24) is 15.0 Å². The Morgan fingerprint density at radius 2 is 0.935 bits per heavy atom. The van der Waals surface area contributed by atoms with Crippen LogP contribution in [0.3, 0.4) is 0 Å². The van der Waals surface area contributed by atoms with E-state index in [1.165, 1.54) is 0 Å². The SMILES string of the molecule is [2H]c1cc(-c2nc([2H])c(C([2H])([2H])C([2H])([2H])c3cc(C([2H])([2H])C([2H])([2H])c4c([2H])nc(-c5cc([2H])c([2H])c6c5oc5c(-c7c([2H])c([2H])c([2H])c([2H])c7[2H])c(F)c([2H])c([2H])c56)c([2H])c4[2H])c([2H])c(C([2H])([2H])C([2H])([2H])c4c([2H])nc(-c5cc([2H])c([2H])c([2H])c5[2H])c([2H])c4[2H])c3[2H])c([2H])c2[2H])c([2H])c([2H])c1[2H]. The number of rotatable bonds is 13. The van der Waals surface area contributed by atoms with Gasteiger partial charge in [-0.15, -0.1) is 0 Å². The molecule has 6 aromatic carbocycles. The molecule has 4 nitrogen and oxygen atoms in total. The molecule has 0 atom stereocenters. The van der Waals surface area contributed by atoms with Crippen molar-refractivity contribution in [3.8, 4) is 44.9 Å². The molecule has 0 unspecified atom stereocenters. The van der Waals surface area contributed by atoms with Crippen LogP contribution in [-0.2, 0) is 38.2 Å². The van der Waals surface area contributed by atoms with Crippen molar-refractivity contribution in [3.63, 3.8) is 0 Å². The topological polar surface area (TPSA) is 51.8 Å². The average molecular weight is 846 g/mol. The Balaban J connectivity index is 1.22. The van der Waals surface area contributed by atoms with Crippen molar-refractivity contribution in [2.24, 2.45) is 0 Å². The van der Waals surface area contributed by atoms with Crippen molar-refractivity contribution in [3.05, 3.63) is 233 Å². The summed E-state index contributed by atoms with van der Waals surface area (Å²) in [4.78, 5) is 11.5. The molecule has 0 N–H and O–H groups in total. The normalized spacial score (nSPS) is 22.0. The van der Waals surface area contributed by atoms with E-state index in [4.69, 9.17) is 35.9 Å². The number of benzene rings is 6. The zero-order valence-electron chi connectivity index (χ0n) is 70.9. The molecule has 10 aromatic rings. The monoisotopic (exact) mass is 846 g/mol. The van der Waals surface area contributed by atoms with E-state index in [1.807, 2.05) is 0 Å². The molecule has 0 amide bonds. The maximum Gasteiger partial charge on any atom is 0.146 e. The van der Waals surface area contributed by atoms with Crippen LogP contribution in [0.2, 0.25) is 0 Å². The van der Waals surface area contributed by atoms with Gasteiger partial charge in [0.1, 0.15) is 17.0 Å². The van der Waals surface area contributed by atoms with Gasteiger partial charge in [0.05, 0.1) is 61.0 Å². The molecule has 0 spiro atoms. The van der Waals surface area contributed by atoms with Crippen LogP contribution < -0.4 is 0 Å². The number of aromatic nitrogens is 3. The van der Waals surface area contributed by atoms with E-state index < -0.39 is 314 Å². The number of halogens is 1. The fourth-order valence-corrected chi connectivity index (χ4v) is 5.68. The summed E-state index contributed by atoms with van der Waals surface area (Å²) >= 11 is 0. The molecule has 0 aliphatic rings. The minimum atomic E-state index is -4.38. The summed E-state index contributed by atoms with van der Waals surface area (Å²) < 4.78 is 379. The molecule has 10 rings (SSSR count). The van der Waals surface area contributed by atoms with E-state index >= 15 is 4.39 Å². The Morgan fingerprint density at radius 3 is 1.55 bits per heavy atom. The first-order valence-electron chi connectivity index (χ1n) is 37.7. The van der Waals surface area contributed by atoms with Gasteiger partial charge >= 0.3 is 0 Å². The van der Waals surface area contributed by atoms with Crippen molar-refractivity contribution in [2.75, 3.05) is 0 Å². The molecule has 5 heteroatoms. The van der Waals surface area contributed by atoms with Crippen LogP contribution >= 0.6 is 0 Å². The lowest BCUT2D eigenvalue weighted by molar-refractivity contribution is 0.622. The highest BCUT2D eigenvalue weighted by Crippen LogP contribution is 2.40. The van der Waals surface area contributed by atoms with Gasteiger partial charge in [0.2, 0.25) is 0 Å². The average Bonchev–Trinajstić information content (AvgIpc) is 0.833. The molecule has 300 valence electrons. The lowest BCUT2D eigenvalue weighted by Gasteiger charge is -2.12. The minimum absolute atomic E-state index is 0.0512. The second-order valence-corrected chi connectivity index (χ2v) is 12.4. The predicted octanol–water partition coefficient (Wildman–Crippen LogP) is 13.9. The molecule has 62 heavy (non-hydrogen) atoms. The highest BCUT2D eigenvalue weighted by Gasteiger charge is 2.19. The van der Waals surface area contributed by atoms with E-state index in [-0.39, 0.29) is 6.07 Å². The number of pyridine rings is 3. The van der Waals surface area contributed by atoms with Crippen LogP contribution in [0.1, 0.15) is 88.2 Å². The largest absolute Gasteiger partial charge is 0.455 e. The van der Waals surface area contributed by atoms with Crippen molar-refractivity contribution >= 4 is 21.9 Å². The molecular formula is C57H44FN3O. The fraction of sp³-hybridized carbons (Fsp3) is 0.105. The first-order chi connectivity index (χ1) is 46.8. The zero-order valence-corrected chi connectivity index (χ0v) is 30.9. The molecule has 0 radical (unpaired) electrons. The highest BCUT2D eigenvalue weighted by molar-refractivity contribution is 6.12. The van der Waals surface area contributed by atoms with E-state index in [2.05, 4.69) is 15.0 Å². The number of hydrogen-bond acceptors (Lipinski definition) is 4. The predicted molar refractivity (Wildman–Crippen MR) is 250 cm³/mol. The molecule has 0 saturated heterocycles. The maximum absolute atomic E-state index is 16.5. The summed E-state index contributed by atoms with van der Waals surface area (Å²) in [6.45, 7) is 0. The Bertz CT molecular complexity index is 5350. The van der Waals surface area contributed by atoms with Gasteiger partial charge < -0.3 is 4.42 Å². The van der Waals surface area contributed by atoms with Crippen LogP contribution in [0.5, 0.6) is 0 Å². The molecule has 0 bridgehead atoms. The molecule has 0 fully saturated rings. The Labute approximate surface area is 417 Å². The first kappa shape index (κ1) is 14.6. The van der Waals surface area contributed by atoms with E-state index in [9.17, 15) is 23.3 Å². The molecule has 4 aromatic heterocycles. The Kier molecular flexibility index (Phi) is 4.14. The van der Waals surface area contributed by atoms with Gasteiger partial charge in [-0.2, -0.15) is 0 Å².